The van der Waals surface area contributed by atoms with Crippen molar-refractivity contribution in [3.63, 3.8) is 0 Å². The standard InChI is InChI=1S/C20H28N2O4S/c1-26-16-7-5-15(6-8-16)21-19(23)18-13-22(27(24,25)17-9-10-17)14-20(18)11-3-2-4-12-20/h5-8,17-18H,2-4,9-14H2,1H3,(H,21,23)/t18-/m1/s1. The van der Waals surface area contributed by atoms with Gasteiger partial charge in [0.2, 0.25) is 15.9 Å². The van der Waals surface area contributed by atoms with E-state index in [2.05, 4.69) is 5.32 Å². The van der Waals surface area contributed by atoms with Crippen molar-refractivity contribution in [1.29, 1.82) is 0 Å². The van der Waals surface area contributed by atoms with Gasteiger partial charge in [-0.2, -0.15) is 0 Å². The Bertz CT molecular complexity index is 796. The van der Waals surface area contributed by atoms with Gasteiger partial charge in [-0.3, -0.25) is 4.79 Å². The maximum Gasteiger partial charge on any atom is 0.229 e. The van der Waals surface area contributed by atoms with Crippen molar-refractivity contribution < 1.29 is 17.9 Å². The first-order valence-corrected chi connectivity index (χ1v) is 11.4. The van der Waals surface area contributed by atoms with E-state index >= 15 is 0 Å². The minimum atomic E-state index is -3.25. The van der Waals surface area contributed by atoms with Gasteiger partial charge in [0.05, 0.1) is 18.3 Å². The van der Waals surface area contributed by atoms with Crippen molar-refractivity contribution in [1.82, 2.24) is 4.31 Å². The normalized spacial score (nSPS) is 25.4. The van der Waals surface area contributed by atoms with E-state index in [1.807, 2.05) is 24.3 Å². The Morgan fingerprint density at radius 3 is 2.41 bits per heavy atom. The molecule has 4 rings (SSSR count). The molecule has 1 atom stereocenters. The monoisotopic (exact) mass is 392 g/mol. The van der Waals surface area contributed by atoms with Crippen molar-refractivity contribution in [3.05, 3.63) is 24.3 Å². The molecule has 1 aliphatic heterocycles. The van der Waals surface area contributed by atoms with Gasteiger partial charge in [0.25, 0.3) is 0 Å². The Morgan fingerprint density at radius 2 is 1.81 bits per heavy atom. The quantitative estimate of drug-likeness (QED) is 0.836. The molecule has 148 valence electrons. The maximum atomic E-state index is 13.1. The van der Waals surface area contributed by atoms with Crippen molar-refractivity contribution in [3.8, 4) is 5.75 Å². The molecular formula is C20H28N2O4S. The van der Waals surface area contributed by atoms with E-state index < -0.39 is 10.0 Å². The maximum absolute atomic E-state index is 13.1. The molecule has 1 aromatic rings. The van der Waals surface area contributed by atoms with Gasteiger partial charge in [0, 0.05) is 18.8 Å². The second-order valence-electron chi connectivity index (χ2n) is 8.23. The average molecular weight is 393 g/mol. The number of hydrogen-bond donors (Lipinski definition) is 1. The van der Waals surface area contributed by atoms with E-state index in [4.69, 9.17) is 4.74 Å². The summed E-state index contributed by atoms with van der Waals surface area (Å²) in [5.74, 6) is 0.392. The smallest absolute Gasteiger partial charge is 0.229 e. The second kappa shape index (κ2) is 7.09. The van der Waals surface area contributed by atoms with E-state index in [0.29, 0.717) is 13.1 Å². The molecule has 1 heterocycles. The predicted octanol–water partition coefficient (Wildman–Crippen LogP) is 3.01. The first kappa shape index (κ1) is 18.7. The molecule has 1 saturated heterocycles. The summed E-state index contributed by atoms with van der Waals surface area (Å²) >= 11 is 0. The van der Waals surface area contributed by atoms with Crippen LogP contribution in [0.15, 0.2) is 24.3 Å². The third-order valence-electron chi connectivity index (χ3n) is 6.45. The summed E-state index contributed by atoms with van der Waals surface area (Å²) in [5, 5.41) is 2.79. The van der Waals surface area contributed by atoms with Gasteiger partial charge in [-0.25, -0.2) is 12.7 Å². The zero-order valence-electron chi connectivity index (χ0n) is 15.8. The molecule has 1 N–H and O–H groups in total. The van der Waals surface area contributed by atoms with Crippen LogP contribution in [0, 0.1) is 11.3 Å². The number of amides is 1. The van der Waals surface area contributed by atoms with E-state index in [9.17, 15) is 13.2 Å². The first-order chi connectivity index (χ1) is 12.9. The third-order valence-corrected chi connectivity index (χ3v) is 8.76. The molecule has 3 fully saturated rings. The first-order valence-electron chi connectivity index (χ1n) is 9.88. The van der Waals surface area contributed by atoms with Crippen LogP contribution in [-0.4, -0.2) is 44.1 Å². The minimum Gasteiger partial charge on any atom is -0.497 e. The van der Waals surface area contributed by atoms with Crippen LogP contribution >= 0.6 is 0 Å². The summed E-state index contributed by atoms with van der Waals surface area (Å²) in [4.78, 5) is 13.1. The fourth-order valence-electron chi connectivity index (χ4n) is 4.72. The van der Waals surface area contributed by atoms with Crippen LogP contribution < -0.4 is 10.1 Å². The molecule has 0 radical (unpaired) electrons. The highest BCUT2D eigenvalue weighted by atomic mass is 32.2. The average Bonchev–Trinajstić information content (AvgIpc) is 3.47. The summed E-state index contributed by atoms with van der Waals surface area (Å²) in [6.07, 6.45) is 6.70. The Labute approximate surface area is 161 Å². The molecule has 27 heavy (non-hydrogen) atoms. The SMILES string of the molecule is COc1ccc(NC(=O)[C@H]2CN(S(=O)(=O)C3CC3)CC23CCCCC3)cc1. The van der Waals surface area contributed by atoms with Crippen LogP contribution in [0.25, 0.3) is 0 Å². The van der Waals surface area contributed by atoms with Gasteiger partial charge < -0.3 is 10.1 Å². The van der Waals surface area contributed by atoms with Gasteiger partial charge >= 0.3 is 0 Å². The molecule has 3 aliphatic rings. The molecule has 0 unspecified atom stereocenters. The Morgan fingerprint density at radius 1 is 1.15 bits per heavy atom. The minimum absolute atomic E-state index is 0.0597. The predicted molar refractivity (Wildman–Crippen MR) is 104 cm³/mol. The number of carbonyl (C=O) groups excluding carboxylic acids is 1. The highest BCUT2D eigenvalue weighted by Gasteiger charge is 2.55. The van der Waals surface area contributed by atoms with E-state index in [1.54, 1.807) is 11.4 Å². The number of benzene rings is 1. The molecule has 6 nitrogen and oxygen atoms in total. The lowest BCUT2D eigenvalue weighted by molar-refractivity contribution is -0.123. The van der Waals surface area contributed by atoms with Gasteiger partial charge in [-0.1, -0.05) is 19.3 Å². The summed E-state index contributed by atoms with van der Waals surface area (Å²) in [6, 6.07) is 7.25. The fraction of sp³-hybridized carbons (Fsp3) is 0.650. The third kappa shape index (κ3) is 3.59. The van der Waals surface area contributed by atoms with Crippen LogP contribution in [-0.2, 0) is 14.8 Å². The van der Waals surface area contributed by atoms with Crippen molar-refractivity contribution in [2.45, 2.75) is 50.2 Å². The van der Waals surface area contributed by atoms with Crippen LogP contribution in [0.4, 0.5) is 5.69 Å². The zero-order chi connectivity index (χ0) is 19.1. The van der Waals surface area contributed by atoms with Crippen LogP contribution in [0.1, 0.15) is 44.9 Å². The van der Waals surface area contributed by atoms with E-state index in [1.165, 1.54) is 6.42 Å². The van der Waals surface area contributed by atoms with Crippen molar-refractivity contribution >= 4 is 21.6 Å². The van der Waals surface area contributed by atoms with Crippen LogP contribution in [0.2, 0.25) is 0 Å². The van der Waals surface area contributed by atoms with Gasteiger partial charge in [-0.15, -0.1) is 0 Å². The van der Waals surface area contributed by atoms with Gasteiger partial charge in [0.1, 0.15) is 5.75 Å². The number of nitrogens with zero attached hydrogens (tertiary/aromatic N) is 1. The number of hydrogen-bond acceptors (Lipinski definition) is 4. The Hall–Kier alpha value is -1.60. The topological polar surface area (TPSA) is 75.7 Å². The van der Waals surface area contributed by atoms with Crippen LogP contribution in [0.3, 0.4) is 0 Å². The molecular weight excluding hydrogens is 364 g/mol. The van der Waals surface area contributed by atoms with Gasteiger partial charge in [-0.05, 0) is 55.4 Å². The molecule has 0 bridgehead atoms. The highest BCUT2D eigenvalue weighted by Crippen LogP contribution is 2.50. The van der Waals surface area contributed by atoms with Crippen LogP contribution in [0.5, 0.6) is 5.75 Å². The summed E-state index contributed by atoms with van der Waals surface area (Å²) in [6.45, 7) is 0.827. The molecule has 0 aromatic heterocycles. The summed E-state index contributed by atoms with van der Waals surface area (Å²) in [5.41, 5.74) is 0.506. The number of ether oxygens (including phenoxy) is 1. The lowest BCUT2D eigenvalue weighted by Crippen LogP contribution is -2.39. The highest BCUT2D eigenvalue weighted by molar-refractivity contribution is 7.90. The largest absolute Gasteiger partial charge is 0.497 e. The van der Waals surface area contributed by atoms with E-state index in [-0.39, 0.29) is 22.5 Å². The second-order valence-corrected chi connectivity index (χ2v) is 10.4. The number of sulfonamides is 1. The molecule has 1 amide bonds. The van der Waals surface area contributed by atoms with Gasteiger partial charge in [0.15, 0.2) is 0 Å². The van der Waals surface area contributed by atoms with E-state index in [0.717, 1.165) is 50.0 Å². The van der Waals surface area contributed by atoms with Crippen molar-refractivity contribution in [2.75, 3.05) is 25.5 Å². The summed E-state index contributed by atoms with van der Waals surface area (Å²) < 4.78 is 32.4. The summed E-state index contributed by atoms with van der Waals surface area (Å²) in [7, 11) is -1.65. The molecule has 1 aromatic carbocycles. The number of rotatable bonds is 5. The number of carbonyl (C=O) groups is 1. The lowest BCUT2D eigenvalue weighted by Gasteiger charge is -2.37. The molecule has 7 heteroatoms. The lowest BCUT2D eigenvalue weighted by atomic mass is 9.67. The molecule has 2 saturated carbocycles. The number of methoxy groups -OCH3 is 1. The Kier molecular flexibility index (Phi) is 4.93. The number of nitrogens with one attached hydrogen (secondary N) is 1. The van der Waals surface area contributed by atoms with Crippen molar-refractivity contribution in [2.24, 2.45) is 11.3 Å². The zero-order valence-corrected chi connectivity index (χ0v) is 16.6. The molecule has 1 spiro atoms. The number of anilines is 1. The Balaban J connectivity index is 1.54. The molecule has 2 aliphatic carbocycles. The fourth-order valence-corrected chi connectivity index (χ4v) is 6.67.